The maximum absolute atomic E-state index is 11.8. The van der Waals surface area contributed by atoms with Crippen molar-refractivity contribution in [2.24, 2.45) is 11.8 Å². The Morgan fingerprint density at radius 3 is 2.38 bits per heavy atom. The van der Waals surface area contributed by atoms with Gasteiger partial charge in [-0.3, -0.25) is 19.2 Å². The number of fused-ring (bicyclic) bond motifs is 1. The molecule has 1 amide bonds. The van der Waals surface area contributed by atoms with Gasteiger partial charge in [0.05, 0.1) is 22.9 Å². The molecule has 1 aromatic carbocycles. The number of hydrogen-bond donors (Lipinski definition) is 4. The quantitative estimate of drug-likeness (QED) is 0.584. The third-order valence-electron chi connectivity index (χ3n) is 3.43. The van der Waals surface area contributed by atoms with Gasteiger partial charge in [-0.15, -0.1) is 0 Å². The number of aromatic nitrogens is 2. The molecule has 8 nitrogen and oxygen atoms in total. The highest BCUT2D eigenvalue weighted by Gasteiger charge is 2.48. The first kappa shape index (κ1) is 13.1. The number of amides is 1. The first-order valence-electron chi connectivity index (χ1n) is 6.26. The van der Waals surface area contributed by atoms with Crippen LogP contribution in [0.25, 0.3) is 11.0 Å². The number of aliphatic carboxylic acids is 1. The molecular formula is C13H11N3O5. The van der Waals surface area contributed by atoms with Crippen LogP contribution in [0.4, 0.5) is 5.69 Å². The summed E-state index contributed by atoms with van der Waals surface area (Å²) in [7, 11) is 0. The van der Waals surface area contributed by atoms with E-state index in [0.29, 0.717) is 23.1 Å². The van der Waals surface area contributed by atoms with E-state index >= 15 is 0 Å². The zero-order chi connectivity index (χ0) is 15.1. The Kier molecular flexibility index (Phi) is 2.86. The van der Waals surface area contributed by atoms with Crippen molar-refractivity contribution in [3.05, 3.63) is 38.9 Å². The summed E-state index contributed by atoms with van der Waals surface area (Å²) in [5, 5.41) is 11.4. The fraction of sp³-hybridized carbons (Fsp3) is 0.231. The number of carbonyl (C=O) groups is 2. The molecule has 1 aliphatic carbocycles. The molecule has 2 atom stereocenters. The molecule has 3 rings (SSSR count). The lowest BCUT2D eigenvalue weighted by Crippen LogP contribution is -2.28. The molecule has 0 radical (unpaired) electrons. The van der Waals surface area contributed by atoms with Crippen molar-refractivity contribution in [1.82, 2.24) is 9.97 Å². The minimum Gasteiger partial charge on any atom is -0.481 e. The summed E-state index contributed by atoms with van der Waals surface area (Å²) in [6.45, 7) is 0. The third-order valence-corrected chi connectivity index (χ3v) is 3.43. The molecule has 8 heteroatoms. The average Bonchev–Trinajstić information content (AvgIpc) is 3.21. The number of rotatable bonds is 3. The lowest BCUT2D eigenvalue weighted by atomic mass is 10.2. The van der Waals surface area contributed by atoms with Gasteiger partial charge >= 0.3 is 17.1 Å². The first-order chi connectivity index (χ1) is 9.95. The minimum absolute atomic E-state index is 0.332. The average molecular weight is 289 g/mol. The number of hydrogen-bond acceptors (Lipinski definition) is 4. The summed E-state index contributed by atoms with van der Waals surface area (Å²) >= 11 is 0. The SMILES string of the molecule is O=C(O)C1CC1C(=O)Nc1ccc2[nH]c(=O)c(=O)[nH]c2c1. The highest BCUT2D eigenvalue weighted by atomic mass is 16.4. The van der Waals surface area contributed by atoms with Crippen molar-refractivity contribution in [1.29, 1.82) is 0 Å². The van der Waals surface area contributed by atoms with Crippen molar-refractivity contribution in [2.75, 3.05) is 5.32 Å². The summed E-state index contributed by atoms with van der Waals surface area (Å²) in [6.07, 6.45) is 0.332. The van der Waals surface area contributed by atoms with Gasteiger partial charge < -0.3 is 20.4 Å². The van der Waals surface area contributed by atoms with Crippen LogP contribution in [-0.4, -0.2) is 27.0 Å². The molecule has 1 saturated carbocycles. The number of anilines is 1. The molecule has 0 bridgehead atoms. The van der Waals surface area contributed by atoms with Gasteiger partial charge in [0.25, 0.3) is 0 Å². The molecule has 0 aliphatic heterocycles. The van der Waals surface area contributed by atoms with Gasteiger partial charge in [-0.1, -0.05) is 0 Å². The van der Waals surface area contributed by atoms with Crippen LogP contribution in [0, 0.1) is 11.8 Å². The van der Waals surface area contributed by atoms with E-state index < -0.39 is 28.9 Å². The molecule has 1 aromatic heterocycles. The Balaban J connectivity index is 1.84. The second-order valence-electron chi connectivity index (χ2n) is 4.94. The van der Waals surface area contributed by atoms with Gasteiger partial charge in [0.1, 0.15) is 0 Å². The number of carboxylic acids is 1. The van der Waals surface area contributed by atoms with Crippen molar-refractivity contribution in [2.45, 2.75) is 6.42 Å². The predicted molar refractivity (Wildman–Crippen MR) is 73.1 cm³/mol. The topological polar surface area (TPSA) is 132 Å². The summed E-state index contributed by atoms with van der Waals surface area (Å²) in [4.78, 5) is 49.8. The fourth-order valence-corrected chi connectivity index (χ4v) is 2.19. The summed E-state index contributed by atoms with van der Waals surface area (Å²) < 4.78 is 0. The van der Waals surface area contributed by atoms with Gasteiger partial charge in [0.15, 0.2) is 0 Å². The number of carbonyl (C=O) groups excluding carboxylic acids is 1. The predicted octanol–water partition coefficient (Wildman–Crippen LogP) is -0.124. The summed E-state index contributed by atoms with van der Waals surface area (Å²) in [5.74, 6) is -2.49. The Labute approximate surface area is 116 Å². The molecule has 108 valence electrons. The molecule has 1 heterocycles. The van der Waals surface area contributed by atoms with Gasteiger partial charge in [-0.25, -0.2) is 0 Å². The van der Waals surface area contributed by atoms with E-state index in [2.05, 4.69) is 15.3 Å². The standard InChI is InChI=1S/C13H11N3O5/c17-10(6-4-7(6)13(20)21)14-5-1-2-8-9(3-5)16-12(19)11(18)15-8/h1-3,6-7H,4H2,(H,14,17)(H,15,18)(H,16,19)(H,20,21). The van der Waals surface area contributed by atoms with Crippen molar-refractivity contribution in [3.8, 4) is 0 Å². The van der Waals surface area contributed by atoms with E-state index in [4.69, 9.17) is 5.11 Å². The highest BCUT2D eigenvalue weighted by molar-refractivity contribution is 5.99. The zero-order valence-corrected chi connectivity index (χ0v) is 10.7. The van der Waals surface area contributed by atoms with Crippen LogP contribution < -0.4 is 16.4 Å². The lowest BCUT2D eigenvalue weighted by molar-refractivity contribution is -0.139. The second-order valence-corrected chi connectivity index (χ2v) is 4.94. The third kappa shape index (κ3) is 2.42. The van der Waals surface area contributed by atoms with Crippen LogP contribution in [0.5, 0.6) is 0 Å². The second kappa shape index (κ2) is 4.58. The van der Waals surface area contributed by atoms with Gasteiger partial charge in [0, 0.05) is 5.69 Å². The van der Waals surface area contributed by atoms with Crippen molar-refractivity contribution in [3.63, 3.8) is 0 Å². The number of H-pyrrole nitrogens is 2. The van der Waals surface area contributed by atoms with Crippen LogP contribution >= 0.6 is 0 Å². The Hall–Kier alpha value is -2.90. The molecule has 1 aliphatic rings. The van der Waals surface area contributed by atoms with E-state index in [1.165, 1.54) is 6.07 Å². The Bertz CT molecular complexity index is 866. The van der Waals surface area contributed by atoms with Crippen LogP contribution in [-0.2, 0) is 9.59 Å². The zero-order valence-electron chi connectivity index (χ0n) is 10.7. The van der Waals surface area contributed by atoms with Crippen molar-refractivity contribution < 1.29 is 14.7 Å². The number of aromatic amines is 2. The molecule has 4 N–H and O–H groups in total. The maximum atomic E-state index is 11.8. The molecular weight excluding hydrogens is 278 g/mol. The van der Waals surface area contributed by atoms with E-state index in [1.807, 2.05) is 0 Å². The number of nitrogens with one attached hydrogen (secondary N) is 3. The highest BCUT2D eigenvalue weighted by Crippen LogP contribution is 2.39. The molecule has 1 fully saturated rings. The van der Waals surface area contributed by atoms with E-state index in [-0.39, 0.29) is 5.91 Å². The van der Waals surface area contributed by atoms with E-state index in [9.17, 15) is 19.2 Å². The lowest BCUT2D eigenvalue weighted by Gasteiger charge is -2.05. The van der Waals surface area contributed by atoms with Gasteiger partial charge in [0.2, 0.25) is 5.91 Å². The minimum atomic E-state index is -0.976. The summed E-state index contributed by atoms with van der Waals surface area (Å²) in [5.41, 5.74) is -0.290. The van der Waals surface area contributed by atoms with E-state index in [1.54, 1.807) is 12.1 Å². The molecule has 0 saturated heterocycles. The molecule has 2 aromatic rings. The largest absolute Gasteiger partial charge is 0.481 e. The Morgan fingerprint density at radius 1 is 1.10 bits per heavy atom. The molecule has 2 unspecified atom stereocenters. The van der Waals surface area contributed by atoms with Crippen LogP contribution in [0.15, 0.2) is 27.8 Å². The Morgan fingerprint density at radius 2 is 1.76 bits per heavy atom. The van der Waals surface area contributed by atoms with Gasteiger partial charge in [-0.05, 0) is 24.6 Å². The van der Waals surface area contributed by atoms with Gasteiger partial charge in [-0.2, -0.15) is 0 Å². The monoisotopic (exact) mass is 289 g/mol. The fourth-order valence-electron chi connectivity index (χ4n) is 2.19. The molecule has 21 heavy (non-hydrogen) atoms. The smallest absolute Gasteiger partial charge is 0.314 e. The van der Waals surface area contributed by atoms with Crippen LogP contribution in [0.1, 0.15) is 6.42 Å². The van der Waals surface area contributed by atoms with E-state index in [0.717, 1.165) is 0 Å². The normalized spacial score (nSPS) is 20.2. The number of carboxylic acid groups (broad SMARTS) is 1. The molecule has 0 spiro atoms. The summed E-state index contributed by atoms with van der Waals surface area (Å²) in [6, 6.07) is 4.61. The van der Waals surface area contributed by atoms with Crippen molar-refractivity contribution >= 4 is 28.6 Å². The van der Waals surface area contributed by atoms with Crippen LogP contribution in [0.3, 0.4) is 0 Å². The number of benzene rings is 1. The maximum Gasteiger partial charge on any atom is 0.314 e. The van der Waals surface area contributed by atoms with Crippen LogP contribution in [0.2, 0.25) is 0 Å². The first-order valence-corrected chi connectivity index (χ1v) is 6.26.